The van der Waals surface area contributed by atoms with E-state index < -0.39 is 0 Å². The predicted molar refractivity (Wildman–Crippen MR) is 254 cm³/mol. The maximum Gasteiger partial charge on any atom is 0.166 e. The first-order valence-electron chi connectivity index (χ1n) is 20.5. The normalized spacial score (nSPS) is 12.3. The topological polar surface area (TPSA) is 56.7 Å². The molecule has 0 atom stereocenters. The van der Waals surface area contributed by atoms with Crippen LogP contribution in [-0.4, -0.2) is 19.5 Å². The molecule has 0 saturated carbocycles. The molecule has 282 valence electrons. The van der Waals surface area contributed by atoms with Crippen molar-refractivity contribution < 1.29 is 4.42 Å². The number of rotatable bonds is 4. The Kier molecular flexibility index (Phi) is 6.65. The molecule has 0 aliphatic heterocycles. The van der Waals surface area contributed by atoms with Crippen LogP contribution in [0.2, 0.25) is 0 Å². The Morgan fingerprint density at radius 2 is 1.05 bits per heavy atom. The highest BCUT2D eigenvalue weighted by atomic mass is 32.1. The lowest BCUT2D eigenvalue weighted by molar-refractivity contribution is 0.669. The third-order valence-corrected chi connectivity index (χ3v) is 13.7. The number of aromatic nitrogens is 4. The lowest BCUT2D eigenvalue weighted by atomic mass is 9.91. The van der Waals surface area contributed by atoms with Gasteiger partial charge in [-0.1, -0.05) is 140 Å². The zero-order valence-electron chi connectivity index (χ0n) is 32.4. The van der Waals surface area contributed by atoms with Crippen LogP contribution in [0.25, 0.3) is 136 Å². The maximum absolute atomic E-state index is 6.64. The minimum absolute atomic E-state index is 0.581. The summed E-state index contributed by atoms with van der Waals surface area (Å²) in [4.78, 5) is 16.1. The first kappa shape index (κ1) is 33.0. The van der Waals surface area contributed by atoms with Crippen LogP contribution in [0, 0.1) is 0 Å². The largest absolute Gasteiger partial charge is 0.456 e. The number of furan rings is 1. The minimum atomic E-state index is 0.581. The van der Waals surface area contributed by atoms with Gasteiger partial charge in [0, 0.05) is 58.2 Å². The fourth-order valence-corrected chi connectivity index (χ4v) is 11.1. The number of fused-ring (bicyclic) bond motifs is 11. The van der Waals surface area contributed by atoms with Crippen molar-refractivity contribution in [3.63, 3.8) is 0 Å². The number of para-hydroxylation sites is 1. The molecule has 4 heterocycles. The molecule has 0 radical (unpaired) electrons. The van der Waals surface area contributed by atoms with Crippen molar-refractivity contribution in [3.05, 3.63) is 182 Å². The van der Waals surface area contributed by atoms with E-state index in [0.717, 1.165) is 55.3 Å². The van der Waals surface area contributed by atoms with Crippen molar-refractivity contribution in [1.82, 2.24) is 19.5 Å². The zero-order chi connectivity index (χ0) is 39.8. The highest BCUT2D eigenvalue weighted by molar-refractivity contribution is 7.25. The van der Waals surface area contributed by atoms with Gasteiger partial charge >= 0.3 is 0 Å². The van der Waals surface area contributed by atoms with Crippen molar-refractivity contribution in [2.24, 2.45) is 0 Å². The van der Waals surface area contributed by atoms with Gasteiger partial charge in [-0.15, -0.1) is 11.3 Å². The van der Waals surface area contributed by atoms with Gasteiger partial charge in [-0.2, -0.15) is 0 Å². The Hall–Kier alpha value is -7.93. The second-order valence-electron chi connectivity index (χ2n) is 15.9. The average Bonchev–Trinajstić information content (AvgIpc) is 4.00. The van der Waals surface area contributed by atoms with Gasteiger partial charge in [0.15, 0.2) is 17.5 Å². The molecular weight excluding hydrogens is 765 g/mol. The summed E-state index contributed by atoms with van der Waals surface area (Å²) in [6.45, 7) is 0. The predicted octanol–water partition coefficient (Wildman–Crippen LogP) is 15.1. The van der Waals surface area contributed by atoms with Gasteiger partial charge in [-0.05, 0) is 69.4 Å². The summed E-state index contributed by atoms with van der Waals surface area (Å²) in [5.41, 5.74) is 7.57. The lowest BCUT2D eigenvalue weighted by Crippen LogP contribution is -2.04. The molecule has 0 saturated heterocycles. The molecule has 0 fully saturated rings. The Morgan fingerprint density at radius 1 is 0.377 bits per heavy atom. The molecule has 0 N–H and O–H groups in total. The first-order chi connectivity index (χ1) is 30.2. The Morgan fingerprint density at radius 3 is 1.93 bits per heavy atom. The van der Waals surface area contributed by atoms with Crippen LogP contribution >= 0.6 is 11.3 Å². The molecule has 5 nitrogen and oxygen atoms in total. The van der Waals surface area contributed by atoms with Gasteiger partial charge in [-0.25, -0.2) is 15.0 Å². The number of thiophene rings is 1. The van der Waals surface area contributed by atoms with Gasteiger partial charge < -0.3 is 8.98 Å². The van der Waals surface area contributed by atoms with Gasteiger partial charge in [0.2, 0.25) is 0 Å². The van der Waals surface area contributed by atoms with Gasteiger partial charge in [-0.3, -0.25) is 0 Å². The van der Waals surface area contributed by atoms with E-state index in [2.05, 4.69) is 156 Å². The number of hydrogen-bond acceptors (Lipinski definition) is 5. The Balaban J connectivity index is 1.14. The summed E-state index contributed by atoms with van der Waals surface area (Å²) in [7, 11) is 0. The van der Waals surface area contributed by atoms with E-state index in [-0.39, 0.29) is 0 Å². The molecule has 61 heavy (non-hydrogen) atoms. The zero-order valence-corrected chi connectivity index (χ0v) is 33.2. The average molecular weight is 795 g/mol. The van der Waals surface area contributed by atoms with E-state index in [4.69, 9.17) is 19.4 Å². The van der Waals surface area contributed by atoms with Crippen LogP contribution in [0.15, 0.2) is 186 Å². The third-order valence-electron chi connectivity index (χ3n) is 12.6. The van der Waals surface area contributed by atoms with Gasteiger partial charge in [0.05, 0.1) is 22.3 Å². The molecular formula is C55H30N4OS. The second-order valence-corrected chi connectivity index (χ2v) is 16.9. The molecule has 14 aromatic rings. The molecule has 0 aliphatic rings. The van der Waals surface area contributed by atoms with E-state index in [9.17, 15) is 0 Å². The van der Waals surface area contributed by atoms with Crippen molar-refractivity contribution in [2.75, 3.05) is 0 Å². The standard InChI is InChI=1S/C55H30N4OS/c1-2-13-31(14-3-1)53-56-54(33-25-26-37-36-18-9-11-24-46(36)61-47(37)30-33)58-55(57-53)52-42(27-28-45-50(52)40-20-8-10-23-44(40)60-45)59-41-22-12-21-39-35-17-6-7-19-38(35)48-34-16-5-4-15-32(34)29-43(59)51(48)49(39)41/h1-30H. The van der Waals surface area contributed by atoms with E-state index in [1.165, 1.54) is 63.3 Å². The fraction of sp³-hybridized carbons (Fsp3) is 0. The summed E-state index contributed by atoms with van der Waals surface area (Å²) in [6, 6.07) is 64.7. The summed E-state index contributed by atoms with van der Waals surface area (Å²) in [5, 5.41) is 14.4. The first-order valence-corrected chi connectivity index (χ1v) is 21.3. The summed E-state index contributed by atoms with van der Waals surface area (Å²) < 4.78 is 11.5. The van der Waals surface area contributed by atoms with Crippen molar-refractivity contribution in [3.8, 4) is 39.9 Å². The van der Waals surface area contributed by atoms with Gasteiger partial charge in [0.1, 0.15) is 11.2 Å². The molecule has 0 amide bonds. The number of benzene rings is 10. The van der Waals surface area contributed by atoms with Crippen LogP contribution in [0.5, 0.6) is 0 Å². The van der Waals surface area contributed by atoms with Crippen molar-refractivity contribution >= 4 is 108 Å². The number of nitrogens with zero attached hydrogens (tertiary/aromatic N) is 4. The quantitative estimate of drug-likeness (QED) is 0.167. The van der Waals surface area contributed by atoms with Crippen molar-refractivity contribution in [2.45, 2.75) is 0 Å². The highest BCUT2D eigenvalue weighted by Crippen LogP contribution is 2.49. The molecule has 0 spiro atoms. The Labute approximate surface area is 351 Å². The van der Waals surface area contributed by atoms with E-state index >= 15 is 0 Å². The van der Waals surface area contributed by atoms with Gasteiger partial charge in [0.25, 0.3) is 0 Å². The van der Waals surface area contributed by atoms with Crippen LogP contribution in [0.3, 0.4) is 0 Å². The molecule has 0 aliphatic carbocycles. The summed E-state index contributed by atoms with van der Waals surface area (Å²) >= 11 is 1.80. The maximum atomic E-state index is 6.64. The molecule has 4 aromatic heterocycles. The fourth-order valence-electron chi connectivity index (χ4n) is 10.00. The lowest BCUT2D eigenvalue weighted by Gasteiger charge is -2.16. The SMILES string of the molecule is c1ccc(-c2nc(-c3ccc4c(c3)sc3ccccc34)nc(-c3c(-n4c5cccc6c7ccccc7c7c8ccccc8cc4c7c65)ccc4oc5ccccc5c34)n2)cc1. The monoisotopic (exact) mass is 794 g/mol. The molecule has 0 unspecified atom stereocenters. The molecule has 0 bridgehead atoms. The summed E-state index contributed by atoms with van der Waals surface area (Å²) in [5.74, 6) is 1.81. The van der Waals surface area contributed by atoms with E-state index in [0.29, 0.717) is 17.5 Å². The van der Waals surface area contributed by atoms with Crippen LogP contribution in [0.1, 0.15) is 0 Å². The van der Waals surface area contributed by atoms with Crippen molar-refractivity contribution in [1.29, 1.82) is 0 Å². The highest BCUT2D eigenvalue weighted by Gasteiger charge is 2.27. The molecule has 10 aromatic carbocycles. The van der Waals surface area contributed by atoms with E-state index in [1.54, 1.807) is 11.3 Å². The Bertz CT molecular complexity index is 4120. The van der Waals surface area contributed by atoms with Crippen LogP contribution in [-0.2, 0) is 0 Å². The molecule has 14 rings (SSSR count). The smallest absolute Gasteiger partial charge is 0.166 e. The minimum Gasteiger partial charge on any atom is -0.456 e. The van der Waals surface area contributed by atoms with Crippen LogP contribution in [0.4, 0.5) is 0 Å². The number of hydrogen-bond donors (Lipinski definition) is 0. The van der Waals surface area contributed by atoms with E-state index in [1.807, 2.05) is 30.3 Å². The molecule has 6 heteroatoms. The van der Waals surface area contributed by atoms with Crippen LogP contribution < -0.4 is 0 Å². The summed E-state index contributed by atoms with van der Waals surface area (Å²) in [6.07, 6.45) is 0. The third kappa shape index (κ3) is 4.62. The second kappa shape index (κ2) is 12.3.